The first kappa shape index (κ1) is 14.3. The maximum absolute atomic E-state index is 5.38. The number of nitrogens with one attached hydrogen (secondary N) is 1. The molecule has 1 aliphatic rings. The third-order valence-electron chi connectivity index (χ3n) is 2.96. The Morgan fingerprint density at radius 3 is 2.75 bits per heavy atom. The van der Waals surface area contributed by atoms with Crippen molar-refractivity contribution in [3.63, 3.8) is 0 Å². The van der Waals surface area contributed by atoms with Crippen LogP contribution in [-0.2, 0) is 0 Å². The Kier molecular flexibility index (Phi) is 7.44. The summed E-state index contributed by atoms with van der Waals surface area (Å²) in [5.41, 5.74) is 0. The second-order valence-corrected chi connectivity index (χ2v) is 6.69. The molecule has 1 N–H and O–H groups in total. The molecule has 0 aromatic rings. The van der Waals surface area contributed by atoms with E-state index in [9.17, 15) is 0 Å². The van der Waals surface area contributed by atoms with Gasteiger partial charge in [-0.25, -0.2) is 0 Å². The molecule has 0 saturated carbocycles. The zero-order valence-electron chi connectivity index (χ0n) is 10.4. The summed E-state index contributed by atoms with van der Waals surface area (Å²) in [4.78, 5) is 0. The SMILES string of the molecule is C#CCCC(NCC)C1SCCSC1CC. The average molecular weight is 257 g/mol. The van der Waals surface area contributed by atoms with Crippen LogP contribution in [0, 0.1) is 12.3 Å². The van der Waals surface area contributed by atoms with Crippen LogP contribution in [0.4, 0.5) is 0 Å². The summed E-state index contributed by atoms with van der Waals surface area (Å²) in [5, 5.41) is 5.18. The van der Waals surface area contributed by atoms with Crippen LogP contribution in [0.2, 0.25) is 0 Å². The predicted molar refractivity (Wildman–Crippen MR) is 78.3 cm³/mol. The number of thioether (sulfide) groups is 2. The molecular formula is C13H23NS2. The van der Waals surface area contributed by atoms with Crippen molar-refractivity contribution in [1.29, 1.82) is 0 Å². The van der Waals surface area contributed by atoms with E-state index in [1.54, 1.807) is 0 Å². The van der Waals surface area contributed by atoms with Gasteiger partial charge in [0.1, 0.15) is 0 Å². The summed E-state index contributed by atoms with van der Waals surface area (Å²) in [5.74, 6) is 5.38. The lowest BCUT2D eigenvalue weighted by molar-refractivity contribution is 0.470. The predicted octanol–water partition coefficient (Wildman–Crippen LogP) is 3.01. The van der Waals surface area contributed by atoms with Crippen molar-refractivity contribution in [1.82, 2.24) is 5.32 Å². The van der Waals surface area contributed by atoms with Crippen molar-refractivity contribution < 1.29 is 0 Å². The summed E-state index contributed by atoms with van der Waals surface area (Å²) in [6.07, 6.45) is 8.68. The molecule has 0 aromatic carbocycles. The zero-order valence-corrected chi connectivity index (χ0v) is 12.0. The highest BCUT2D eigenvalue weighted by molar-refractivity contribution is 8.07. The van der Waals surface area contributed by atoms with E-state index in [4.69, 9.17) is 6.42 Å². The molecule has 16 heavy (non-hydrogen) atoms. The third-order valence-corrected chi connectivity index (χ3v) is 6.36. The van der Waals surface area contributed by atoms with Crippen molar-refractivity contribution in [2.45, 2.75) is 49.7 Å². The quantitative estimate of drug-likeness (QED) is 0.735. The topological polar surface area (TPSA) is 12.0 Å². The molecular weight excluding hydrogens is 234 g/mol. The lowest BCUT2D eigenvalue weighted by Crippen LogP contribution is -2.45. The summed E-state index contributed by atoms with van der Waals surface area (Å²) in [6, 6.07) is 0.601. The minimum atomic E-state index is 0.601. The summed E-state index contributed by atoms with van der Waals surface area (Å²) in [7, 11) is 0. The Morgan fingerprint density at radius 2 is 2.12 bits per heavy atom. The lowest BCUT2D eigenvalue weighted by Gasteiger charge is -2.36. The second kappa shape index (κ2) is 8.33. The van der Waals surface area contributed by atoms with Crippen molar-refractivity contribution in [2.24, 2.45) is 0 Å². The normalized spacial score (nSPS) is 27.3. The van der Waals surface area contributed by atoms with Crippen LogP contribution in [0.15, 0.2) is 0 Å². The van der Waals surface area contributed by atoms with Gasteiger partial charge in [-0.15, -0.1) is 12.3 Å². The number of hydrogen-bond donors (Lipinski definition) is 1. The fraction of sp³-hybridized carbons (Fsp3) is 0.846. The smallest absolute Gasteiger partial charge is 0.0320 e. The molecule has 1 aliphatic heterocycles. The molecule has 1 heterocycles. The molecule has 92 valence electrons. The fourth-order valence-corrected chi connectivity index (χ4v) is 5.50. The maximum atomic E-state index is 5.38. The first-order valence-corrected chi connectivity index (χ1v) is 8.33. The van der Waals surface area contributed by atoms with Crippen LogP contribution < -0.4 is 5.32 Å². The molecule has 0 aromatic heterocycles. The van der Waals surface area contributed by atoms with Gasteiger partial charge in [-0.3, -0.25) is 0 Å². The minimum absolute atomic E-state index is 0.601. The van der Waals surface area contributed by atoms with Gasteiger partial charge in [0.25, 0.3) is 0 Å². The van der Waals surface area contributed by atoms with E-state index in [0.29, 0.717) is 6.04 Å². The van der Waals surface area contributed by atoms with Gasteiger partial charge < -0.3 is 5.32 Å². The van der Waals surface area contributed by atoms with Crippen molar-refractivity contribution in [3.05, 3.63) is 0 Å². The molecule has 3 unspecified atom stereocenters. The molecule has 3 heteroatoms. The maximum Gasteiger partial charge on any atom is 0.0320 e. The van der Waals surface area contributed by atoms with Crippen LogP contribution >= 0.6 is 23.5 Å². The standard InChI is InChI=1S/C13H23NS2/c1-4-7-8-11(14-6-3)13-12(5-2)15-9-10-16-13/h1,11-14H,5-10H2,2-3H3. The van der Waals surface area contributed by atoms with Crippen LogP contribution in [-0.4, -0.2) is 34.6 Å². The molecule has 1 rings (SSSR count). The second-order valence-electron chi connectivity index (χ2n) is 4.06. The number of hydrogen-bond acceptors (Lipinski definition) is 3. The molecule has 0 bridgehead atoms. The molecule has 0 spiro atoms. The van der Waals surface area contributed by atoms with Gasteiger partial charge in [-0.2, -0.15) is 23.5 Å². The van der Waals surface area contributed by atoms with Gasteiger partial charge in [-0.05, 0) is 19.4 Å². The van der Waals surface area contributed by atoms with Gasteiger partial charge >= 0.3 is 0 Å². The first-order valence-electron chi connectivity index (χ1n) is 6.23. The first-order chi connectivity index (χ1) is 7.83. The Hall–Kier alpha value is 0.220. The average Bonchev–Trinajstić information content (AvgIpc) is 2.34. The third kappa shape index (κ3) is 4.24. The van der Waals surface area contributed by atoms with Gasteiger partial charge in [0.15, 0.2) is 0 Å². The zero-order chi connectivity index (χ0) is 11.8. The highest BCUT2D eigenvalue weighted by atomic mass is 32.2. The molecule has 0 radical (unpaired) electrons. The monoisotopic (exact) mass is 257 g/mol. The van der Waals surface area contributed by atoms with Gasteiger partial charge in [-0.1, -0.05) is 13.8 Å². The van der Waals surface area contributed by atoms with Crippen LogP contribution in [0.25, 0.3) is 0 Å². The molecule has 1 fully saturated rings. The van der Waals surface area contributed by atoms with Crippen molar-refractivity contribution in [3.8, 4) is 12.3 Å². The van der Waals surface area contributed by atoms with E-state index in [2.05, 4.69) is 48.6 Å². The fourth-order valence-electron chi connectivity index (χ4n) is 2.19. The summed E-state index contributed by atoms with van der Waals surface area (Å²) < 4.78 is 0. The van der Waals surface area contributed by atoms with E-state index in [0.717, 1.165) is 29.9 Å². The Balaban J connectivity index is 2.55. The number of terminal acetylenes is 1. The lowest BCUT2D eigenvalue weighted by atomic mass is 10.0. The van der Waals surface area contributed by atoms with E-state index in [-0.39, 0.29) is 0 Å². The van der Waals surface area contributed by atoms with E-state index in [1.165, 1.54) is 17.9 Å². The summed E-state index contributed by atoms with van der Waals surface area (Å²) >= 11 is 4.29. The Morgan fingerprint density at radius 1 is 1.38 bits per heavy atom. The largest absolute Gasteiger partial charge is 0.313 e. The van der Waals surface area contributed by atoms with Gasteiger partial charge in [0.2, 0.25) is 0 Å². The van der Waals surface area contributed by atoms with Crippen molar-refractivity contribution >= 4 is 23.5 Å². The minimum Gasteiger partial charge on any atom is -0.313 e. The molecule has 3 atom stereocenters. The molecule has 1 saturated heterocycles. The van der Waals surface area contributed by atoms with E-state index < -0.39 is 0 Å². The molecule has 1 nitrogen and oxygen atoms in total. The van der Waals surface area contributed by atoms with E-state index in [1.807, 2.05) is 0 Å². The number of rotatable bonds is 6. The van der Waals surface area contributed by atoms with Crippen LogP contribution in [0.5, 0.6) is 0 Å². The Bertz CT molecular complexity index is 224. The van der Waals surface area contributed by atoms with Crippen molar-refractivity contribution in [2.75, 3.05) is 18.1 Å². The highest BCUT2D eigenvalue weighted by Crippen LogP contribution is 2.36. The summed E-state index contributed by atoms with van der Waals surface area (Å²) in [6.45, 7) is 5.54. The van der Waals surface area contributed by atoms with E-state index >= 15 is 0 Å². The molecule has 0 amide bonds. The Labute approximate surface area is 109 Å². The van der Waals surface area contributed by atoms with Crippen LogP contribution in [0.3, 0.4) is 0 Å². The van der Waals surface area contributed by atoms with Gasteiger partial charge in [0.05, 0.1) is 0 Å². The molecule has 0 aliphatic carbocycles. The highest BCUT2D eigenvalue weighted by Gasteiger charge is 2.31. The van der Waals surface area contributed by atoms with Gasteiger partial charge in [0, 0.05) is 34.5 Å². The van der Waals surface area contributed by atoms with Crippen LogP contribution in [0.1, 0.15) is 33.1 Å².